The Hall–Kier alpha value is -0.820. The fourth-order valence-electron chi connectivity index (χ4n) is 2.32. The molecule has 0 aliphatic rings. The van der Waals surface area contributed by atoms with Crippen molar-refractivity contribution in [1.82, 2.24) is 0 Å². The van der Waals surface area contributed by atoms with Gasteiger partial charge in [0.15, 0.2) is 0 Å². The Balaban J connectivity index is 0.00000242. The number of rotatable bonds is 4. The summed E-state index contributed by atoms with van der Waals surface area (Å²) in [7, 11) is -2.98. The largest absolute Gasteiger partial charge is 1.00 e. The third-order valence-corrected chi connectivity index (χ3v) is 4.40. The van der Waals surface area contributed by atoms with Crippen molar-refractivity contribution >= 4 is 10.7 Å². The average Bonchev–Trinajstić information content (AvgIpc) is 2.45. The standard InChI is InChI=1S/C15H12F3O2S.Na/c16-15(17,18)11-14(21(19)20,12-7-3-1-4-8-12)13-9-5-2-6-10-13;/h1-10H,11H2;/q-1;+1. The maximum Gasteiger partial charge on any atom is 1.00 e. The Morgan fingerprint density at radius 1 is 0.773 bits per heavy atom. The third kappa shape index (κ3) is 4.13. The Kier molecular flexibility index (Phi) is 6.67. The van der Waals surface area contributed by atoms with Crippen LogP contribution in [0.3, 0.4) is 0 Å². The number of hydrogen-bond donors (Lipinski definition) is 0. The fraction of sp³-hybridized carbons (Fsp3) is 0.200. The van der Waals surface area contributed by atoms with Crippen molar-refractivity contribution in [2.24, 2.45) is 0 Å². The van der Waals surface area contributed by atoms with E-state index in [0.29, 0.717) is 0 Å². The molecule has 0 unspecified atom stereocenters. The number of halogens is 3. The summed E-state index contributed by atoms with van der Waals surface area (Å²) < 4.78 is 60.5. The summed E-state index contributed by atoms with van der Waals surface area (Å²) in [5.41, 5.74) is 0.198. The van der Waals surface area contributed by atoms with Gasteiger partial charge >= 0.3 is 35.7 Å². The first-order chi connectivity index (χ1) is 9.86. The zero-order chi connectivity index (χ0) is 15.5. The van der Waals surface area contributed by atoms with Crippen LogP contribution in [0, 0.1) is 0 Å². The van der Waals surface area contributed by atoms with Crippen LogP contribution in [0.25, 0.3) is 0 Å². The molecule has 7 heteroatoms. The zero-order valence-electron chi connectivity index (χ0n) is 11.8. The van der Waals surface area contributed by atoms with E-state index in [0.717, 1.165) is 0 Å². The molecule has 0 N–H and O–H groups in total. The Morgan fingerprint density at radius 3 is 1.41 bits per heavy atom. The van der Waals surface area contributed by atoms with Crippen LogP contribution in [-0.2, 0) is 23.9 Å². The van der Waals surface area contributed by atoms with Crippen LogP contribution in [0.1, 0.15) is 17.5 Å². The van der Waals surface area contributed by atoms with Gasteiger partial charge in [-0.3, -0.25) is 0 Å². The number of hydrogen-bond acceptors (Lipinski definition) is 3. The van der Waals surface area contributed by atoms with Gasteiger partial charge in [0, 0.05) is 11.2 Å². The van der Waals surface area contributed by atoms with Crippen LogP contribution in [0.15, 0.2) is 60.7 Å². The van der Waals surface area contributed by atoms with Gasteiger partial charge < -0.3 is 8.42 Å². The number of alkyl halides is 3. The molecule has 0 radical (unpaired) electrons. The molecule has 0 aromatic heterocycles. The third-order valence-electron chi connectivity index (χ3n) is 3.21. The van der Waals surface area contributed by atoms with Crippen molar-refractivity contribution in [2.45, 2.75) is 17.3 Å². The van der Waals surface area contributed by atoms with Crippen molar-refractivity contribution in [2.75, 3.05) is 0 Å². The molecule has 0 atom stereocenters. The summed E-state index contributed by atoms with van der Waals surface area (Å²) >= 11 is 0. The van der Waals surface area contributed by atoms with E-state index in [-0.39, 0.29) is 40.7 Å². The first kappa shape index (κ1) is 19.2. The molecule has 0 spiro atoms. The summed E-state index contributed by atoms with van der Waals surface area (Å²) in [6.45, 7) is 0. The first-order valence-electron chi connectivity index (χ1n) is 6.13. The van der Waals surface area contributed by atoms with Gasteiger partial charge in [0.1, 0.15) is 0 Å². The molecule has 0 heterocycles. The molecule has 0 bridgehead atoms. The van der Waals surface area contributed by atoms with Gasteiger partial charge in [-0.05, 0) is 0 Å². The van der Waals surface area contributed by atoms with Gasteiger partial charge in [0.05, 0.1) is 0 Å². The van der Waals surface area contributed by atoms with E-state index in [4.69, 9.17) is 0 Å². The minimum Gasteiger partial charge on any atom is -0.423 e. The van der Waals surface area contributed by atoms with E-state index < -0.39 is 28.0 Å². The molecule has 0 fully saturated rings. The van der Waals surface area contributed by atoms with E-state index in [1.54, 1.807) is 12.1 Å². The molecule has 2 aromatic rings. The Bertz CT molecular complexity index is 623. The molecule has 2 nitrogen and oxygen atoms in total. The SMILES string of the molecule is O=[S-](=O)C(CC(F)(F)F)(c1ccccc1)c1ccccc1.[Na+]. The van der Waals surface area contributed by atoms with E-state index in [1.165, 1.54) is 48.5 Å². The second-order valence-corrected chi connectivity index (χ2v) is 5.75. The van der Waals surface area contributed by atoms with Crippen LogP contribution < -0.4 is 29.6 Å². The molecule has 0 aliphatic carbocycles. The maximum absolute atomic E-state index is 13.0. The van der Waals surface area contributed by atoms with Crippen LogP contribution in [0.2, 0.25) is 0 Å². The summed E-state index contributed by atoms with van der Waals surface area (Å²) in [4.78, 5) is 0. The average molecular weight is 336 g/mol. The molecule has 2 rings (SSSR count). The maximum atomic E-state index is 13.0. The smallest absolute Gasteiger partial charge is 0.423 e. The van der Waals surface area contributed by atoms with Crippen molar-refractivity contribution in [3.8, 4) is 0 Å². The van der Waals surface area contributed by atoms with Crippen molar-refractivity contribution < 1.29 is 51.1 Å². The minimum absolute atomic E-state index is 0. The quantitative estimate of drug-likeness (QED) is 0.621. The van der Waals surface area contributed by atoms with E-state index in [2.05, 4.69) is 0 Å². The monoisotopic (exact) mass is 336 g/mol. The van der Waals surface area contributed by atoms with E-state index >= 15 is 0 Å². The van der Waals surface area contributed by atoms with E-state index in [1.807, 2.05) is 0 Å². The molecular formula is C15H12F3NaO2S. The van der Waals surface area contributed by atoms with Gasteiger partial charge in [-0.2, -0.15) is 13.2 Å². The normalized spacial score (nSPS) is 12.0. The van der Waals surface area contributed by atoms with Crippen LogP contribution in [-0.4, -0.2) is 6.18 Å². The molecular weight excluding hydrogens is 324 g/mol. The van der Waals surface area contributed by atoms with Gasteiger partial charge in [0.2, 0.25) is 0 Å². The summed E-state index contributed by atoms with van der Waals surface area (Å²) in [6.07, 6.45) is -6.09. The molecule has 0 aliphatic heterocycles. The van der Waals surface area contributed by atoms with Crippen LogP contribution in [0.4, 0.5) is 13.2 Å². The van der Waals surface area contributed by atoms with Crippen molar-refractivity contribution in [3.63, 3.8) is 0 Å². The Morgan fingerprint density at radius 2 is 1.14 bits per heavy atom. The second-order valence-electron chi connectivity index (χ2n) is 4.59. The predicted molar refractivity (Wildman–Crippen MR) is 73.1 cm³/mol. The van der Waals surface area contributed by atoms with Crippen molar-refractivity contribution in [3.05, 3.63) is 71.8 Å². The molecule has 2 aromatic carbocycles. The summed E-state index contributed by atoms with van der Waals surface area (Å²) in [5, 5.41) is 0. The predicted octanol–water partition coefficient (Wildman–Crippen LogP) is 1.20. The first-order valence-corrected chi connectivity index (χ1v) is 7.21. The van der Waals surface area contributed by atoms with Crippen LogP contribution >= 0.6 is 0 Å². The van der Waals surface area contributed by atoms with Crippen LogP contribution in [0.5, 0.6) is 0 Å². The Labute approximate surface area is 150 Å². The second kappa shape index (κ2) is 7.64. The van der Waals surface area contributed by atoms with Gasteiger partial charge in [-0.1, -0.05) is 82.5 Å². The van der Waals surface area contributed by atoms with Crippen molar-refractivity contribution in [1.29, 1.82) is 0 Å². The number of benzene rings is 2. The molecule has 22 heavy (non-hydrogen) atoms. The van der Waals surface area contributed by atoms with Gasteiger partial charge in [-0.15, -0.1) is 0 Å². The van der Waals surface area contributed by atoms with E-state index in [9.17, 15) is 21.6 Å². The molecule has 0 saturated heterocycles. The molecule has 112 valence electrons. The summed E-state index contributed by atoms with van der Waals surface area (Å²) in [6, 6.07) is 14.9. The zero-order valence-corrected chi connectivity index (χ0v) is 14.7. The molecule has 0 saturated carbocycles. The fourth-order valence-corrected chi connectivity index (χ4v) is 3.26. The van der Waals surface area contributed by atoms with Gasteiger partial charge in [-0.25, -0.2) is 0 Å². The minimum atomic E-state index is -4.62. The molecule has 0 amide bonds. The topological polar surface area (TPSA) is 34.1 Å². The summed E-state index contributed by atoms with van der Waals surface area (Å²) in [5.74, 6) is 0. The van der Waals surface area contributed by atoms with Gasteiger partial charge in [0.25, 0.3) is 0 Å².